The Morgan fingerprint density at radius 3 is 2.59 bits per heavy atom. The Bertz CT molecular complexity index is 478. The van der Waals surface area contributed by atoms with Crippen molar-refractivity contribution < 1.29 is 8.42 Å². The van der Waals surface area contributed by atoms with E-state index in [9.17, 15) is 8.42 Å². The molecule has 0 radical (unpaired) electrons. The van der Waals surface area contributed by atoms with E-state index in [4.69, 9.17) is 0 Å². The molecule has 2 rings (SSSR count). The van der Waals surface area contributed by atoms with E-state index in [-0.39, 0.29) is 6.04 Å². The maximum absolute atomic E-state index is 12.1. The number of halogens is 1. The monoisotopic (exact) mass is 338 g/mol. The molecule has 4 nitrogen and oxygen atoms in total. The third kappa shape index (κ3) is 3.51. The molecule has 1 saturated heterocycles. The summed E-state index contributed by atoms with van der Waals surface area (Å²) in [4.78, 5) is 2.21. The van der Waals surface area contributed by atoms with Crippen LogP contribution in [-0.2, 0) is 10.0 Å². The largest absolute Gasteiger partial charge is 0.306 e. The molecule has 1 aromatic heterocycles. The van der Waals surface area contributed by atoms with Crippen LogP contribution in [0.1, 0.15) is 12.8 Å². The first kappa shape index (κ1) is 13.5. The number of thiophene rings is 1. The van der Waals surface area contributed by atoms with E-state index in [1.807, 2.05) is 0 Å². The highest BCUT2D eigenvalue weighted by atomic mass is 79.9. The summed E-state index contributed by atoms with van der Waals surface area (Å²) in [5.74, 6) is 0. The average molecular weight is 339 g/mol. The molecule has 0 unspecified atom stereocenters. The molecular formula is C10H15BrN2O2S2. The van der Waals surface area contributed by atoms with Gasteiger partial charge in [-0.15, -0.1) is 11.3 Å². The molecule has 0 aliphatic carbocycles. The first-order valence-electron chi connectivity index (χ1n) is 5.43. The van der Waals surface area contributed by atoms with Gasteiger partial charge in [-0.3, -0.25) is 0 Å². The molecule has 1 fully saturated rings. The van der Waals surface area contributed by atoms with Crippen LogP contribution in [0.5, 0.6) is 0 Å². The first-order valence-corrected chi connectivity index (χ1v) is 8.53. The van der Waals surface area contributed by atoms with Crippen LogP contribution in [0.15, 0.2) is 20.1 Å². The molecule has 0 aromatic carbocycles. The van der Waals surface area contributed by atoms with Gasteiger partial charge in [0, 0.05) is 6.04 Å². The van der Waals surface area contributed by atoms with E-state index in [1.165, 1.54) is 11.3 Å². The molecule has 1 aliphatic rings. The SMILES string of the molecule is CN1CCC(NS(=O)(=O)c2ccc(Br)s2)CC1. The lowest BCUT2D eigenvalue weighted by molar-refractivity contribution is 0.248. The van der Waals surface area contributed by atoms with E-state index in [1.54, 1.807) is 12.1 Å². The second-order valence-corrected chi connectivity index (χ2v) is 8.66. The number of sulfonamides is 1. The molecule has 7 heteroatoms. The molecule has 2 heterocycles. The number of likely N-dealkylation sites (tertiary alicyclic amines) is 1. The Morgan fingerprint density at radius 2 is 2.06 bits per heavy atom. The van der Waals surface area contributed by atoms with Crippen LogP contribution in [0, 0.1) is 0 Å². The standard InChI is InChI=1S/C10H15BrN2O2S2/c1-13-6-4-8(5-7-13)12-17(14,15)10-3-2-9(11)16-10/h2-3,8,12H,4-7H2,1H3. The summed E-state index contributed by atoms with van der Waals surface area (Å²) in [6.45, 7) is 1.89. The number of hydrogen-bond donors (Lipinski definition) is 1. The van der Waals surface area contributed by atoms with E-state index in [0.29, 0.717) is 4.21 Å². The Kier molecular flexibility index (Phi) is 4.25. The van der Waals surface area contributed by atoms with Crippen LogP contribution in [0.4, 0.5) is 0 Å². The third-order valence-corrected chi connectivity index (χ3v) is 6.49. The van der Waals surface area contributed by atoms with Gasteiger partial charge in [-0.1, -0.05) is 0 Å². The summed E-state index contributed by atoms with van der Waals surface area (Å²) in [7, 11) is -1.28. The van der Waals surface area contributed by atoms with Crippen LogP contribution in [0.25, 0.3) is 0 Å². The molecule has 0 amide bonds. The highest BCUT2D eigenvalue weighted by molar-refractivity contribution is 9.11. The van der Waals surface area contributed by atoms with Crippen molar-refractivity contribution in [3.8, 4) is 0 Å². The van der Waals surface area contributed by atoms with Crippen LogP contribution in [0.2, 0.25) is 0 Å². The highest BCUT2D eigenvalue weighted by Crippen LogP contribution is 2.26. The van der Waals surface area contributed by atoms with E-state index in [2.05, 4.69) is 32.6 Å². The summed E-state index contributed by atoms with van der Waals surface area (Å²) >= 11 is 4.52. The average Bonchev–Trinajstić information content (AvgIpc) is 2.69. The predicted octanol–water partition coefficient (Wildman–Crippen LogP) is 1.88. The smallest absolute Gasteiger partial charge is 0.250 e. The van der Waals surface area contributed by atoms with E-state index >= 15 is 0 Å². The summed E-state index contributed by atoms with van der Waals surface area (Å²) in [6.07, 6.45) is 1.75. The molecule has 0 bridgehead atoms. The van der Waals surface area contributed by atoms with E-state index < -0.39 is 10.0 Å². The fourth-order valence-corrected chi connectivity index (χ4v) is 5.18. The molecule has 0 atom stereocenters. The Balaban J connectivity index is 2.03. The minimum atomic E-state index is -3.34. The number of hydrogen-bond acceptors (Lipinski definition) is 4. The normalized spacial score (nSPS) is 19.6. The Morgan fingerprint density at radius 1 is 1.41 bits per heavy atom. The molecule has 0 spiro atoms. The van der Waals surface area contributed by atoms with Crippen LogP contribution in [0.3, 0.4) is 0 Å². The zero-order chi connectivity index (χ0) is 12.5. The van der Waals surface area contributed by atoms with Crippen LogP contribution < -0.4 is 4.72 Å². The minimum Gasteiger partial charge on any atom is -0.306 e. The molecular weight excluding hydrogens is 324 g/mol. The quantitative estimate of drug-likeness (QED) is 0.915. The van der Waals surface area contributed by atoms with Crippen molar-refractivity contribution >= 4 is 37.3 Å². The number of nitrogens with zero attached hydrogens (tertiary/aromatic N) is 1. The predicted molar refractivity (Wildman–Crippen MR) is 72.9 cm³/mol. The van der Waals surface area contributed by atoms with Crippen molar-refractivity contribution in [2.75, 3.05) is 20.1 Å². The maximum Gasteiger partial charge on any atom is 0.250 e. The first-order chi connectivity index (χ1) is 7.97. The molecule has 1 aromatic rings. The van der Waals surface area contributed by atoms with Gasteiger partial charge in [-0.25, -0.2) is 13.1 Å². The van der Waals surface area contributed by atoms with Crippen molar-refractivity contribution in [1.82, 2.24) is 9.62 Å². The Labute approximate surface area is 114 Å². The second-order valence-electron chi connectivity index (χ2n) is 4.26. The third-order valence-electron chi connectivity index (χ3n) is 2.85. The molecule has 96 valence electrons. The zero-order valence-corrected chi connectivity index (χ0v) is 12.7. The topological polar surface area (TPSA) is 49.4 Å². The number of piperidine rings is 1. The summed E-state index contributed by atoms with van der Waals surface area (Å²) in [5.41, 5.74) is 0. The van der Waals surface area contributed by atoms with Gasteiger partial charge in [-0.05, 0) is 61.0 Å². The lowest BCUT2D eigenvalue weighted by atomic mass is 10.1. The van der Waals surface area contributed by atoms with Gasteiger partial charge >= 0.3 is 0 Å². The summed E-state index contributed by atoms with van der Waals surface area (Å²) in [5, 5.41) is 0. The van der Waals surface area contributed by atoms with Crippen molar-refractivity contribution in [3.05, 3.63) is 15.9 Å². The highest BCUT2D eigenvalue weighted by Gasteiger charge is 2.24. The van der Waals surface area contributed by atoms with Gasteiger partial charge in [0.05, 0.1) is 3.79 Å². The maximum atomic E-state index is 12.1. The van der Waals surface area contributed by atoms with E-state index in [0.717, 1.165) is 29.7 Å². The van der Waals surface area contributed by atoms with Gasteiger partial charge in [0.15, 0.2) is 0 Å². The van der Waals surface area contributed by atoms with Crippen molar-refractivity contribution in [1.29, 1.82) is 0 Å². The minimum absolute atomic E-state index is 0.0667. The fraction of sp³-hybridized carbons (Fsp3) is 0.600. The van der Waals surface area contributed by atoms with Crippen LogP contribution in [-0.4, -0.2) is 39.5 Å². The Hall–Kier alpha value is 0.0500. The van der Waals surface area contributed by atoms with Crippen molar-refractivity contribution in [3.63, 3.8) is 0 Å². The van der Waals surface area contributed by atoms with Crippen molar-refractivity contribution in [2.24, 2.45) is 0 Å². The number of rotatable bonds is 3. The van der Waals surface area contributed by atoms with Gasteiger partial charge < -0.3 is 4.90 Å². The molecule has 0 saturated carbocycles. The zero-order valence-electron chi connectivity index (χ0n) is 9.52. The van der Waals surface area contributed by atoms with Gasteiger partial charge in [0.1, 0.15) is 4.21 Å². The summed E-state index contributed by atoms with van der Waals surface area (Å²) < 4.78 is 28.1. The summed E-state index contributed by atoms with van der Waals surface area (Å²) in [6, 6.07) is 3.46. The van der Waals surface area contributed by atoms with Gasteiger partial charge in [0.25, 0.3) is 0 Å². The second kappa shape index (κ2) is 5.36. The van der Waals surface area contributed by atoms with Crippen molar-refractivity contribution in [2.45, 2.75) is 23.1 Å². The fourth-order valence-electron chi connectivity index (χ4n) is 1.85. The molecule has 1 aliphatic heterocycles. The lowest BCUT2D eigenvalue weighted by Crippen LogP contribution is -2.43. The lowest BCUT2D eigenvalue weighted by Gasteiger charge is -2.29. The molecule has 1 N–H and O–H groups in total. The van der Waals surface area contributed by atoms with Crippen LogP contribution >= 0.6 is 27.3 Å². The molecule has 17 heavy (non-hydrogen) atoms. The number of nitrogens with one attached hydrogen (secondary N) is 1. The van der Waals surface area contributed by atoms with Gasteiger partial charge in [0.2, 0.25) is 10.0 Å². The van der Waals surface area contributed by atoms with Gasteiger partial charge in [-0.2, -0.15) is 0 Å².